The van der Waals surface area contributed by atoms with Crippen molar-refractivity contribution in [3.8, 4) is 5.88 Å². The van der Waals surface area contributed by atoms with Gasteiger partial charge in [0, 0.05) is 11.8 Å². The highest BCUT2D eigenvalue weighted by Gasteiger charge is 2.12. The lowest BCUT2D eigenvalue weighted by Crippen LogP contribution is -2.08. The molecule has 1 rings (SSSR count). The van der Waals surface area contributed by atoms with E-state index in [2.05, 4.69) is 13.9 Å². The molecule has 1 aromatic rings. The van der Waals surface area contributed by atoms with Crippen LogP contribution in [-0.2, 0) is 20.9 Å². The average molecular weight is 253 g/mol. The summed E-state index contributed by atoms with van der Waals surface area (Å²) in [6.07, 6.45) is 2.11. The van der Waals surface area contributed by atoms with Gasteiger partial charge in [0.1, 0.15) is 0 Å². The molecule has 90 valence electrons. The zero-order valence-electron chi connectivity index (χ0n) is 8.26. The van der Waals surface area contributed by atoms with Gasteiger partial charge in [-0.25, -0.2) is 4.98 Å². The van der Waals surface area contributed by atoms with Crippen LogP contribution < -0.4 is 4.74 Å². The fourth-order valence-corrected chi connectivity index (χ4v) is 1.24. The van der Waals surface area contributed by atoms with Gasteiger partial charge in [0.25, 0.3) is 10.1 Å². The molecule has 0 aromatic carbocycles. The van der Waals surface area contributed by atoms with E-state index in [1.54, 1.807) is 0 Å². The predicted molar refractivity (Wildman–Crippen MR) is 50.5 cm³/mol. The van der Waals surface area contributed by atoms with Crippen LogP contribution in [-0.4, -0.2) is 26.3 Å². The second kappa shape index (κ2) is 5.17. The Labute approximate surface area is 91.1 Å². The SMILES string of the molecule is CS(=O)(=O)OCc1cccnc1OC(F)F. The summed E-state index contributed by atoms with van der Waals surface area (Å²) >= 11 is 0. The lowest BCUT2D eigenvalue weighted by Gasteiger charge is -2.08. The fourth-order valence-electron chi connectivity index (χ4n) is 0.895. The number of rotatable bonds is 5. The monoisotopic (exact) mass is 253 g/mol. The molecule has 0 radical (unpaired) electrons. The van der Waals surface area contributed by atoms with Crippen LogP contribution in [0.3, 0.4) is 0 Å². The third kappa shape index (κ3) is 4.49. The van der Waals surface area contributed by atoms with Crippen LogP contribution >= 0.6 is 0 Å². The maximum atomic E-state index is 12.0. The molecule has 5 nitrogen and oxygen atoms in total. The summed E-state index contributed by atoms with van der Waals surface area (Å²) in [6, 6.07) is 2.84. The normalized spacial score (nSPS) is 11.8. The minimum absolute atomic E-state index is 0.133. The molecule has 16 heavy (non-hydrogen) atoms. The van der Waals surface area contributed by atoms with Crippen molar-refractivity contribution >= 4 is 10.1 Å². The highest BCUT2D eigenvalue weighted by Crippen LogP contribution is 2.18. The molecule has 8 heteroatoms. The second-order valence-corrected chi connectivity index (χ2v) is 4.46. The van der Waals surface area contributed by atoms with E-state index in [-0.39, 0.29) is 11.4 Å². The smallest absolute Gasteiger partial charge is 0.388 e. The first-order chi connectivity index (χ1) is 7.38. The van der Waals surface area contributed by atoms with E-state index < -0.39 is 23.3 Å². The van der Waals surface area contributed by atoms with E-state index in [4.69, 9.17) is 0 Å². The second-order valence-electron chi connectivity index (χ2n) is 2.81. The lowest BCUT2D eigenvalue weighted by molar-refractivity contribution is -0.0538. The Morgan fingerprint density at radius 2 is 2.19 bits per heavy atom. The largest absolute Gasteiger partial charge is 0.417 e. The van der Waals surface area contributed by atoms with Gasteiger partial charge in [-0.15, -0.1) is 0 Å². The van der Waals surface area contributed by atoms with E-state index in [1.807, 2.05) is 0 Å². The highest BCUT2D eigenvalue weighted by atomic mass is 32.2. The molecule has 0 bridgehead atoms. The fraction of sp³-hybridized carbons (Fsp3) is 0.375. The number of hydrogen-bond acceptors (Lipinski definition) is 5. The maximum absolute atomic E-state index is 12.0. The molecular formula is C8H9F2NO4S. The van der Waals surface area contributed by atoms with Crippen molar-refractivity contribution in [2.75, 3.05) is 6.26 Å². The molecule has 0 amide bonds. The van der Waals surface area contributed by atoms with Gasteiger partial charge in [-0.05, 0) is 12.1 Å². The third-order valence-electron chi connectivity index (χ3n) is 1.48. The molecule has 1 aromatic heterocycles. The van der Waals surface area contributed by atoms with Crippen molar-refractivity contribution in [1.82, 2.24) is 4.98 Å². The van der Waals surface area contributed by atoms with Gasteiger partial charge in [-0.1, -0.05) is 0 Å². The van der Waals surface area contributed by atoms with Gasteiger partial charge in [0.15, 0.2) is 0 Å². The van der Waals surface area contributed by atoms with Gasteiger partial charge in [0.2, 0.25) is 5.88 Å². The van der Waals surface area contributed by atoms with Crippen LogP contribution in [0.1, 0.15) is 5.56 Å². The van der Waals surface area contributed by atoms with Gasteiger partial charge >= 0.3 is 6.61 Å². The van der Waals surface area contributed by atoms with Gasteiger partial charge < -0.3 is 4.74 Å². The van der Waals surface area contributed by atoms with E-state index in [0.717, 1.165) is 6.26 Å². The Morgan fingerprint density at radius 3 is 2.75 bits per heavy atom. The molecule has 0 spiro atoms. The summed E-state index contributed by atoms with van der Waals surface area (Å²) in [5, 5.41) is 0. The van der Waals surface area contributed by atoms with Crippen molar-refractivity contribution in [2.45, 2.75) is 13.2 Å². The number of nitrogens with zero attached hydrogens (tertiary/aromatic N) is 1. The minimum atomic E-state index is -3.64. The zero-order valence-corrected chi connectivity index (χ0v) is 9.08. The van der Waals surface area contributed by atoms with Crippen LogP contribution in [0.15, 0.2) is 18.3 Å². The van der Waals surface area contributed by atoms with Crippen LogP contribution in [0.25, 0.3) is 0 Å². The zero-order chi connectivity index (χ0) is 12.2. The van der Waals surface area contributed by atoms with Gasteiger partial charge in [-0.3, -0.25) is 4.18 Å². The number of pyridine rings is 1. The van der Waals surface area contributed by atoms with Crippen molar-refractivity contribution in [2.24, 2.45) is 0 Å². The summed E-state index contributed by atoms with van der Waals surface area (Å²) in [6.45, 7) is -3.42. The number of ether oxygens (including phenoxy) is 1. The first kappa shape index (κ1) is 12.8. The van der Waals surface area contributed by atoms with E-state index in [9.17, 15) is 17.2 Å². The molecule has 0 unspecified atom stereocenters. The van der Waals surface area contributed by atoms with Crippen molar-refractivity contribution in [1.29, 1.82) is 0 Å². The van der Waals surface area contributed by atoms with Crippen molar-refractivity contribution in [3.05, 3.63) is 23.9 Å². The molecule has 0 N–H and O–H groups in total. The average Bonchev–Trinajstić information content (AvgIpc) is 2.14. The molecule has 0 saturated heterocycles. The number of alkyl halides is 2. The Morgan fingerprint density at radius 1 is 1.50 bits per heavy atom. The standard InChI is InChI=1S/C8H9F2NO4S/c1-16(12,13)14-5-6-3-2-4-11-7(6)15-8(9)10/h2-4,8H,5H2,1H3. The summed E-state index contributed by atoms with van der Waals surface area (Å²) in [5.74, 6) is -0.346. The molecule has 0 saturated carbocycles. The maximum Gasteiger partial charge on any atom is 0.388 e. The Balaban J connectivity index is 2.79. The molecule has 0 aliphatic carbocycles. The Kier molecular flexibility index (Phi) is 4.13. The molecule has 0 aliphatic rings. The van der Waals surface area contributed by atoms with E-state index in [1.165, 1.54) is 18.3 Å². The molecular weight excluding hydrogens is 244 g/mol. The third-order valence-corrected chi connectivity index (χ3v) is 2.03. The minimum Gasteiger partial charge on any atom is -0.417 e. The summed E-state index contributed by atoms with van der Waals surface area (Å²) in [4.78, 5) is 3.54. The van der Waals surface area contributed by atoms with E-state index in [0.29, 0.717) is 0 Å². The predicted octanol–water partition coefficient (Wildman–Crippen LogP) is 1.16. The van der Waals surface area contributed by atoms with Crippen LogP contribution in [0.5, 0.6) is 5.88 Å². The molecule has 1 heterocycles. The summed E-state index contributed by atoms with van der Waals surface area (Å²) in [7, 11) is -3.64. The first-order valence-corrected chi connectivity index (χ1v) is 5.93. The van der Waals surface area contributed by atoms with Crippen LogP contribution in [0.2, 0.25) is 0 Å². The summed E-state index contributed by atoms with van der Waals surface area (Å²) in [5.41, 5.74) is 0.133. The first-order valence-electron chi connectivity index (χ1n) is 4.11. The van der Waals surface area contributed by atoms with Crippen LogP contribution in [0, 0.1) is 0 Å². The van der Waals surface area contributed by atoms with Crippen molar-refractivity contribution in [3.63, 3.8) is 0 Å². The van der Waals surface area contributed by atoms with Crippen molar-refractivity contribution < 1.29 is 26.1 Å². The molecule has 0 fully saturated rings. The molecule has 0 aliphatic heterocycles. The Bertz CT molecular complexity index is 449. The van der Waals surface area contributed by atoms with Gasteiger partial charge in [-0.2, -0.15) is 17.2 Å². The molecule has 0 atom stereocenters. The van der Waals surface area contributed by atoms with Crippen LogP contribution in [0.4, 0.5) is 8.78 Å². The highest BCUT2D eigenvalue weighted by molar-refractivity contribution is 7.85. The number of hydrogen-bond donors (Lipinski definition) is 0. The number of aromatic nitrogens is 1. The topological polar surface area (TPSA) is 65.5 Å². The van der Waals surface area contributed by atoms with E-state index >= 15 is 0 Å². The number of halogens is 2. The summed E-state index contributed by atoms with van der Waals surface area (Å²) < 4.78 is 53.9. The quantitative estimate of drug-likeness (QED) is 0.737. The van der Waals surface area contributed by atoms with Gasteiger partial charge in [0.05, 0.1) is 12.9 Å². The lowest BCUT2D eigenvalue weighted by atomic mass is 10.3. The Hall–Kier alpha value is -1.28.